The van der Waals surface area contributed by atoms with Crippen LogP contribution >= 0.6 is 0 Å². The lowest BCUT2D eigenvalue weighted by Crippen LogP contribution is -2.12. The number of para-hydroxylation sites is 1. The van der Waals surface area contributed by atoms with Crippen LogP contribution < -0.4 is 5.14 Å². The van der Waals surface area contributed by atoms with Gasteiger partial charge < -0.3 is 4.98 Å². The van der Waals surface area contributed by atoms with E-state index >= 15 is 0 Å². The Hall–Kier alpha value is -3.03. The number of nitrogens with one attached hydrogen (secondary N) is 1. The van der Waals surface area contributed by atoms with Crippen molar-refractivity contribution in [3.05, 3.63) is 79.3 Å². The Morgan fingerprint density at radius 3 is 2.28 bits per heavy atom. The minimum absolute atomic E-state index is 0.0654. The average Bonchev–Trinajstić information content (AvgIpc) is 3.16. The maximum absolute atomic E-state index is 11.2. The van der Waals surface area contributed by atoms with Gasteiger partial charge in [-0.1, -0.05) is 48.5 Å². The fraction of sp³-hybridized carbons (Fsp3) is 0. The highest BCUT2D eigenvalue weighted by molar-refractivity contribution is 7.89. The Labute approximate surface area is 145 Å². The minimum Gasteiger partial charge on any atom is -0.345 e. The molecule has 0 unspecified atom stereocenters. The fourth-order valence-electron chi connectivity index (χ4n) is 2.32. The molecule has 0 saturated carbocycles. The van der Waals surface area contributed by atoms with E-state index in [1.165, 1.54) is 12.3 Å². The third kappa shape index (κ3) is 4.09. The van der Waals surface area contributed by atoms with Crippen LogP contribution in [0.4, 0.5) is 0 Å². The van der Waals surface area contributed by atoms with Gasteiger partial charge in [-0.05, 0) is 12.1 Å². The lowest BCUT2D eigenvalue weighted by Gasteiger charge is -2.01. The number of nitrogens with two attached hydrogens (primary N) is 1. The summed E-state index contributed by atoms with van der Waals surface area (Å²) in [6.45, 7) is 0. The van der Waals surface area contributed by atoms with E-state index in [9.17, 15) is 8.42 Å². The molecule has 25 heavy (non-hydrogen) atoms. The quantitative estimate of drug-likeness (QED) is 0.579. The van der Waals surface area contributed by atoms with Crippen molar-refractivity contribution in [3.63, 3.8) is 0 Å². The van der Waals surface area contributed by atoms with Crippen molar-refractivity contribution < 1.29 is 8.42 Å². The molecule has 0 bridgehead atoms. The van der Waals surface area contributed by atoms with Gasteiger partial charge in [-0.25, -0.2) is 18.5 Å². The van der Waals surface area contributed by atoms with Gasteiger partial charge in [-0.15, -0.1) is 0 Å². The monoisotopic (exact) mass is 352 g/mol. The van der Waals surface area contributed by atoms with Crippen molar-refractivity contribution in [3.8, 4) is 11.4 Å². The maximum Gasteiger partial charge on any atom is 0.240 e. The Kier molecular flexibility index (Phi) is 4.87. The van der Waals surface area contributed by atoms with Crippen molar-refractivity contribution in [1.82, 2.24) is 15.0 Å². The Bertz CT molecular complexity index is 1060. The molecule has 6 nitrogen and oxygen atoms in total. The molecule has 7 heteroatoms. The molecule has 0 amide bonds. The summed E-state index contributed by atoms with van der Waals surface area (Å²) in [7, 11) is -3.69. The second-order valence-corrected chi connectivity index (χ2v) is 6.71. The molecular weight excluding hydrogens is 336 g/mol. The summed E-state index contributed by atoms with van der Waals surface area (Å²) in [5.74, 6) is 0.922. The van der Waals surface area contributed by atoms with Crippen molar-refractivity contribution >= 4 is 20.9 Å². The van der Waals surface area contributed by atoms with E-state index in [1.54, 1.807) is 30.5 Å². The van der Waals surface area contributed by atoms with Crippen LogP contribution in [0.3, 0.4) is 0 Å². The van der Waals surface area contributed by atoms with Gasteiger partial charge in [0, 0.05) is 29.5 Å². The summed E-state index contributed by atoms with van der Waals surface area (Å²) in [4.78, 5) is 11.2. The number of hydrogen-bond donors (Lipinski definition) is 2. The summed E-state index contributed by atoms with van der Waals surface area (Å²) in [6.07, 6.45) is 5.11. The predicted molar refractivity (Wildman–Crippen MR) is 97.1 cm³/mol. The van der Waals surface area contributed by atoms with Crippen LogP contribution in [0.1, 0.15) is 0 Å². The van der Waals surface area contributed by atoms with Crippen LogP contribution in [-0.4, -0.2) is 23.4 Å². The van der Waals surface area contributed by atoms with E-state index in [0.717, 1.165) is 16.8 Å². The van der Waals surface area contributed by atoms with Crippen LogP contribution in [0, 0.1) is 0 Å². The first-order valence-corrected chi connectivity index (χ1v) is 9.02. The smallest absolute Gasteiger partial charge is 0.240 e. The number of imidazole rings is 1. The van der Waals surface area contributed by atoms with Gasteiger partial charge in [0.15, 0.2) is 0 Å². The normalized spacial score (nSPS) is 10.9. The minimum atomic E-state index is -3.69. The van der Waals surface area contributed by atoms with Gasteiger partial charge in [0.1, 0.15) is 10.7 Å². The topological polar surface area (TPSA) is 102 Å². The molecule has 3 N–H and O–H groups in total. The number of fused-ring (bicyclic) bond motifs is 1. The number of pyridine rings is 1. The van der Waals surface area contributed by atoms with Crippen molar-refractivity contribution in [2.24, 2.45) is 5.14 Å². The zero-order valence-corrected chi connectivity index (χ0v) is 14.0. The van der Waals surface area contributed by atoms with E-state index in [-0.39, 0.29) is 4.90 Å². The zero-order valence-electron chi connectivity index (χ0n) is 13.2. The fourth-order valence-corrected chi connectivity index (χ4v) is 3.03. The number of rotatable bonds is 2. The largest absolute Gasteiger partial charge is 0.345 e. The number of aromatic nitrogens is 3. The number of H-pyrrole nitrogens is 1. The lowest BCUT2D eigenvalue weighted by molar-refractivity contribution is 0.598. The molecule has 0 aliphatic rings. The van der Waals surface area contributed by atoms with Gasteiger partial charge in [0.25, 0.3) is 0 Å². The highest BCUT2D eigenvalue weighted by Gasteiger charge is 2.12. The molecule has 2 aromatic carbocycles. The van der Waals surface area contributed by atoms with Gasteiger partial charge in [-0.2, -0.15) is 0 Å². The molecule has 126 valence electrons. The van der Waals surface area contributed by atoms with E-state index in [4.69, 9.17) is 5.14 Å². The Morgan fingerprint density at radius 2 is 1.60 bits per heavy atom. The SMILES string of the molecule is NS(=O)(=O)c1cccc2cccnc12.c1ccc(-c2ncc[nH]2)cc1. The molecule has 0 spiro atoms. The van der Waals surface area contributed by atoms with E-state index in [1.807, 2.05) is 36.5 Å². The van der Waals surface area contributed by atoms with Crippen LogP contribution in [0.2, 0.25) is 0 Å². The van der Waals surface area contributed by atoms with Gasteiger partial charge >= 0.3 is 0 Å². The molecule has 2 heterocycles. The van der Waals surface area contributed by atoms with Gasteiger partial charge in [0.2, 0.25) is 10.0 Å². The molecular formula is C18H16N4O2S. The molecule has 2 aromatic heterocycles. The number of primary sulfonamides is 1. The third-order valence-electron chi connectivity index (χ3n) is 3.45. The van der Waals surface area contributed by atoms with Crippen LogP contribution in [0.5, 0.6) is 0 Å². The first kappa shape index (κ1) is 16.8. The van der Waals surface area contributed by atoms with Crippen LogP contribution in [0.15, 0.2) is 84.1 Å². The summed E-state index contributed by atoms with van der Waals surface area (Å²) < 4.78 is 22.4. The molecule has 4 rings (SSSR count). The number of nitrogens with zero attached hydrogens (tertiary/aromatic N) is 2. The van der Waals surface area contributed by atoms with Gasteiger partial charge in [-0.3, -0.25) is 4.98 Å². The Balaban J connectivity index is 0.000000150. The van der Waals surface area contributed by atoms with Crippen LogP contribution in [0.25, 0.3) is 22.3 Å². The first-order valence-electron chi connectivity index (χ1n) is 7.47. The summed E-state index contributed by atoms with van der Waals surface area (Å²) in [6, 6.07) is 18.5. The van der Waals surface area contributed by atoms with E-state index < -0.39 is 10.0 Å². The molecule has 4 aromatic rings. The summed E-state index contributed by atoms with van der Waals surface area (Å²) >= 11 is 0. The summed E-state index contributed by atoms with van der Waals surface area (Å²) in [5.41, 5.74) is 1.54. The molecule has 0 fully saturated rings. The van der Waals surface area contributed by atoms with E-state index in [0.29, 0.717) is 5.52 Å². The molecule has 0 atom stereocenters. The standard InChI is InChI=1S/C9H8N2O2S.C9H8N2/c10-14(12,13)8-5-1-3-7-4-2-6-11-9(7)8;1-2-4-8(5-3-1)9-10-6-7-11-9/h1-6H,(H2,10,12,13);1-7H,(H,10,11). The van der Waals surface area contributed by atoms with Crippen LogP contribution in [-0.2, 0) is 10.0 Å². The lowest BCUT2D eigenvalue weighted by atomic mass is 10.2. The second-order valence-electron chi connectivity index (χ2n) is 5.18. The summed E-state index contributed by atoms with van der Waals surface area (Å²) in [5, 5.41) is 5.82. The average molecular weight is 352 g/mol. The molecule has 0 radical (unpaired) electrons. The zero-order chi connectivity index (χ0) is 17.7. The van der Waals surface area contributed by atoms with Gasteiger partial charge in [0.05, 0.1) is 5.52 Å². The van der Waals surface area contributed by atoms with E-state index in [2.05, 4.69) is 15.0 Å². The number of sulfonamides is 1. The molecule has 0 saturated heterocycles. The molecule has 0 aliphatic heterocycles. The third-order valence-corrected chi connectivity index (χ3v) is 4.39. The number of benzene rings is 2. The second kappa shape index (κ2) is 7.25. The highest BCUT2D eigenvalue weighted by Crippen LogP contribution is 2.18. The highest BCUT2D eigenvalue weighted by atomic mass is 32.2. The molecule has 0 aliphatic carbocycles. The first-order chi connectivity index (χ1) is 12.1. The van der Waals surface area contributed by atoms with Crippen molar-refractivity contribution in [1.29, 1.82) is 0 Å². The predicted octanol–water partition coefficient (Wildman–Crippen LogP) is 2.96. The maximum atomic E-state index is 11.2. The number of aromatic amines is 1. The van der Waals surface area contributed by atoms with Crippen molar-refractivity contribution in [2.75, 3.05) is 0 Å². The Morgan fingerprint density at radius 1 is 0.840 bits per heavy atom. The van der Waals surface area contributed by atoms with Crippen molar-refractivity contribution in [2.45, 2.75) is 4.90 Å². The number of hydrogen-bond acceptors (Lipinski definition) is 4.